The van der Waals surface area contributed by atoms with Crippen LogP contribution in [0.15, 0.2) is 60.7 Å². The Morgan fingerprint density at radius 3 is 2.27 bits per heavy atom. The van der Waals surface area contributed by atoms with Crippen LogP contribution in [0.4, 0.5) is 10.6 Å². The summed E-state index contributed by atoms with van der Waals surface area (Å²) in [6.45, 7) is 11.1. The van der Waals surface area contributed by atoms with E-state index in [1.165, 1.54) is 0 Å². The molecule has 0 radical (unpaired) electrons. The molecular formula is C28H36N4O4S. The second-order valence-electron chi connectivity index (χ2n) is 10.2. The summed E-state index contributed by atoms with van der Waals surface area (Å²) in [5, 5.41) is 10.3. The Balaban J connectivity index is 1.84. The topological polar surface area (TPSA) is 94.5 Å². The van der Waals surface area contributed by atoms with E-state index in [4.69, 9.17) is 9.47 Å². The van der Waals surface area contributed by atoms with Crippen LogP contribution in [0.1, 0.15) is 45.9 Å². The zero-order valence-electron chi connectivity index (χ0n) is 22.5. The number of nitrogens with zero attached hydrogens (tertiary/aromatic N) is 2. The first-order valence-corrected chi connectivity index (χ1v) is 13.1. The highest BCUT2D eigenvalue weighted by Crippen LogP contribution is 2.33. The molecule has 37 heavy (non-hydrogen) atoms. The summed E-state index contributed by atoms with van der Waals surface area (Å²) in [5.74, 6) is 1.57. The second-order valence-corrected chi connectivity index (χ2v) is 11.9. The molecule has 3 rings (SSSR count). The number of hydrogen-bond donors (Lipinski definition) is 2. The van der Waals surface area contributed by atoms with Crippen LogP contribution in [0.25, 0.3) is 5.69 Å². The number of benzene rings is 2. The van der Waals surface area contributed by atoms with Gasteiger partial charge in [0.2, 0.25) is 5.91 Å². The second kappa shape index (κ2) is 11.7. The van der Waals surface area contributed by atoms with Crippen LogP contribution in [-0.2, 0) is 15.3 Å². The molecule has 0 bridgehead atoms. The molecule has 0 saturated carbocycles. The summed E-state index contributed by atoms with van der Waals surface area (Å²) in [6.07, 6.45) is -0.654. The van der Waals surface area contributed by atoms with Crippen molar-refractivity contribution in [3.05, 3.63) is 71.9 Å². The molecule has 198 valence electrons. The lowest BCUT2D eigenvalue weighted by Gasteiger charge is -2.34. The highest BCUT2D eigenvalue weighted by Gasteiger charge is 2.38. The van der Waals surface area contributed by atoms with Crippen LogP contribution in [0.3, 0.4) is 0 Å². The van der Waals surface area contributed by atoms with Gasteiger partial charge >= 0.3 is 6.09 Å². The SMILES string of the molecule is COc1ccc(CSC(C)(C)C(NC(=O)OC(C)(C)C)C(=O)Nc2cc(C)nn2-c2ccccc2)cc1. The molecule has 9 heteroatoms. The van der Waals surface area contributed by atoms with Crippen molar-refractivity contribution in [2.75, 3.05) is 12.4 Å². The number of carbonyl (C=O) groups excluding carboxylic acids is 2. The van der Waals surface area contributed by atoms with Gasteiger partial charge in [-0.25, -0.2) is 9.48 Å². The van der Waals surface area contributed by atoms with Gasteiger partial charge in [-0.3, -0.25) is 4.79 Å². The van der Waals surface area contributed by atoms with E-state index in [0.29, 0.717) is 11.6 Å². The minimum Gasteiger partial charge on any atom is -0.497 e. The molecule has 0 aliphatic heterocycles. The number of aromatic nitrogens is 2. The van der Waals surface area contributed by atoms with E-state index in [9.17, 15) is 9.59 Å². The van der Waals surface area contributed by atoms with Crippen molar-refractivity contribution in [3.63, 3.8) is 0 Å². The van der Waals surface area contributed by atoms with Gasteiger partial charge < -0.3 is 20.1 Å². The predicted octanol–water partition coefficient (Wildman–Crippen LogP) is 5.73. The predicted molar refractivity (Wildman–Crippen MR) is 148 cm³/mol. The average molecular weight is 525 g/mol. The van der Waals surface area contributed by atoms with Gasteiger partial charge in [-0.05, 0) is 71.4 Å². The van der Waals surface area contributed by atoms with Crippen LogP contribution in [-0.4, -0.2) is 45.3 Å². The molecule has 8 nitrogen and oxygen atoms in total. The van der Waals surface area contributed by atoms with E-state index < -0.39 is 22.5 Å². The smallest absolute Gasteiger partial charge is 0.408 e. The number of ether oxygens (including phenoxy) is 2. The highest BCUT2D eigenvalue weighted by molar-refractivity contribution is 7.99. The molecule has 1 atom stereocenters. The van der Waals surface area contributed by atoms with Gasteiger partial charge in [0.05, 0.1) is 18.5 Å². The van der Waals surface area contributed by atoms with Gasteiger partial charge in [0.15, 0.2) is 0 Å². The van der Waals surface area contributed by atoms with E-state index in [0.717, 1.165) is 22.7 Å². The van der Waals surface area contributed by atoms with Crippen LogP contribution in [0, 0.1) is 6.92 Å². The molecule has 1 aromatic heterocycles. The van der Waals surface area contributed by atoms with Gasteiger partial charge in [-0.1, -0.05) is 30.3 Å². The van der Waals surface area contributed by atoms with E-state index in [1.807, 2.05) is 75.4 Å². The quantitative estimate of drug-likeness (QED) is 0.371. The summed E-state index contributed by atoms with van der Waals surface area (Å²) in [7, 11) is 1.63. The number of amides is 2. The van der Waals surface area contributed by atoms with Gasteiger partial charge in [0, 0.05) is 16.6 Å². The third kappa shape index (κ3) is 8.01. The Kier molecular flexibility index (Phi) is 8.91. The van der Waals surface area contributed by atoms with Gasteiger partial charge in [0.1, 0.15) is 23.2 Å². The molecule has 2 amide bonds. The monoisotopic (exact) mass is 524 g/mol. The molecule has 1 heterocycles. The summed E-state index contributed by atoms with van der Waals surface area (Å²) in [6, 6.07) is 18.2. The zero-order valence-corrected chi connectivity index (χ0v) is 23.3. The Hall–Kier alpha value is -3.46. The first-order valence-electron chi connectivity index (χ1n) is 12.1. The number of thioether (sulfide) groups is 1. The number of alkyl carbamates (subject to hydrolysis) is 1. The average Bonchev–Trinajstić information content (AvgIpc) is 3.20. The third-order valence-electron chi connectivity index (χ3n) is 5.47. The van der Waals surface area contributed by atoms with Gasteiger partial charge in [-0.2, -0.15) is 5.10 Å². The number of hydrogen-bond acceptors (Lipinski definition) is 6. The van der Waals surface area contributed by atoms with E-state index in [2.05, 4.69) is 15.7 Å². The van der Waals surface area contributed by atoms with Crippen LogP contribution in [0.5, 0.6) is 5.75 Å². The van der Waals surface area contributed by atoms with E-state index >= 15 is 0 Å². The lowest BCUT2D eigenvalue weighted by atomic mass is 10.0. The Labute approximate surface area is 223 Å². The number of para-hydroxylation sites is 1. The zero-order chi connectivity index (χ0) is 27.2. The van der Waals surface area contributed by atoms with Gasteiger partial charge in [-0.15, -0.1) is 11.8 Å². The van der Waals surface area contributed by atoms with Crippen molar-refractivity contribution >= 4 is 29.6 Å². The molecule has 3 aromatic rings. The van der Waals surface area contributed by atoms with E-state index in [1.54, 1.807) is 50.4 Å². The number of rotatable bonds is 9. The number of anilines is 1. The van der Waals surface area contributed by atoms with Crippen LogP contribution >= 0.6 is 11.8 Å². The molecule has 0 aliphatic rings. The van der Waals surface area contributed by atoms with Gasteiger partial charge in [0.25, 0.3) is 0 Å². The summed E-state index contributed by atoms with van der Waals surface area (Å²) in [4.78, 5) is 26.5. The number of aryl methyl sites for hydroxylation is 1. The third-order valence-corrected chi connectivity index (χ3v) is 6.93. The first-order chi connectivity index (χ1) is 17.4. The minimum absolute atomic E-state index is 0.366. The fourth-order valence-electron chi connectivity index (χ4n) is 3.61. The molecule has 0 spiro atoms. The molecule has 0 aliphatic carbocycles. The summed E-state index contributed by atoms with van der Waals surface area (Å²) in [5.41, 5.74) is 1.95. The number of methoxy groups -OCH3 is 1. The minimum atomic E-state index is -0.898. The van der Waals surface area contributed by atoms with Crippen molar-refractivity contribution in [3.8, 4) is 11.4 Å². The lowest BCUT2D eigenvalue weighted by molar-refractivity contribution is -0.118. The van der Waals surface area contributed by atoms with Crippen molar-refractivity contribution in [1.29, 1.82) is 0 Å². The Morgan fingerprint density at radius 2 is 1.68 bits per heavy atom. The standard InChI is InChI=1S/C28H36N4O4S/c1-19-17-23(32(31-19)21-11-9-8-10-12-21)29-25(33)24(30-26(34)36-27(2,3)4)28(5,6)37-18-20-13-15-22(35-7)16-14-20/h8-17,24H,18H2,1-7H3,(H,29,33)(H,30,34). The fourth-order valence-corrected chi connectivity index (χ4v) is 4.67. The van der Waals surface area contributed by atoms with Crippen molar-refractivity contribution in [2.24, 2.45) is 0 Å². The largest absolute Gasteiger partial charge is 0.497 e. The van der Waals surface area contributed by atoms with Crippen molar-refractivity contribution < 1.29 is 19.1 Å². The molecule has 0 fully saturated rings. The molecule has 2 N–H and O–H groups in total. The van der Waals surface area contributed by atoms with Crippen LogP contribution in [0.2, 0.25) is 0 Å². The lowest BCUT2D eigenvalue weighted by Crippen LogP contribution is -2.55. The van der Waals surface area contributed by atoms with Crippen molar-refractivity contribution in [2.45, 2.75) is 63.7 Å². The highest BCUT2D eigenvalue weighted by atomic mass is 32.2. The summed E-state index contributed by atoms with van der Waals surface area (Å²) >= 11 is 1.56. The van der Waals surface area contributed by atoms with Crippen LogP contribution < -0.4 is 15.4 Å². The maximum Gasteiger partial charge on any atom is 0.408 e. The van der Waals surface area contributed by atoms with E-state index in [-0.39, 0.29) is 5.91 Å². The van der Waals surface area contributed by atoms with Crippen molar-refractivity contribution in [1.82, 2.24) is 15.1 Å². The fraction of sp³-hybridized carbons (Fsp3) is 0.393. The number of nitrogens with one attached hydrogen (secondary N) is 2. The maximum atomic E-state index is 13.7. The Bertz CT molecular complexity index is 1200. The summed E-state index contributed by atoms with van der Waals surface area (Å²) < 4.78 is 11.7. The molecular weight excluding hydrogens is 488 g/mol. The molecule has 1 unspecified atom stereocenters. The normalized spacial score (nSPS) is 12.5. The molecule has 0 saturated heterocycles. The maximum absolute atomic E-state index is 13.7. The molecule has 2 aromatic carbocycles. The first kappa shape index (κ1) is 28.1. The number of carbonyl (C=O) groups is 2. The Morgan fingerprint density at radius 1 is 1.03 bits per heavy atom.